The highest BCUT2D eigenvalue weighted by Crippen LogP contribution is 2.27. The molecule has 0 spiro atoms. The molecule has 0 bridgehead atoms. The van der Waals surface area contributed by atoms with E-state index in [0.29, 0.717) is 6.42 Å². The maximum atomic E-state index is 13.2. The minimum atomic E-state index is -3.26. The minimum absolute atomic E-state index is 0.121. The third-order valence-electron chi connectivity index (χ3n) is 5.02. The summed E-state index contributed by atoms with van der Waals surface area (Å²) in [5.41, 5.74) is 2.03. The number of hydrogen-bond acceptors (Lipinski definition) is 3. The molecule has 1 saturated heterocycles. The molecule has 0 saturated carbocycles. The van der Waals surface area contributed by atoms with Crippen molar-refractivity contribution in [3.63, 3.8) is 0 Å². The van der Waals surface area contributed by atoms with Crippen LogP contribution >= 0.6 is 0 Å². The van der Waals surface area contributed by atoms with Gasteiger partial charge in [0, 0.05) is 6.42 Å². The fourth-order valence-electron chi connectivity index (χ4n) is 3.75. The molecule has 3 rings (SSSR count). The van der Waals surface area contributed by atoms with Crippen LogP contribution in [0.4, 0.5) is 0 Å². The van der Waals surface area contributed by atoms with Crippen molar-refractivity contribution in [1.29, 1.82) is 0 Å². The minimum Gasteiger partial charge on any atom is -0.370 e. The van der Waals surface area contributed by atoms with Gasteiger partial charge < -0.3 is 9.64 Å². The Bertz CT molecular complexity index is 661. The van der Waals surface area contributed by atoms with Crippen molar-refractivity contribution >= 4 is 9.84 Å². The van der Waals surface area contributed by atoms with E-state index >= 15 is 0 Å². The zero-order valence-corrected chi connectivity index (χ0v) is 15.1. The number of benzene rings is 1. The van der Waals surface area contributed by atoms with Gasteiger partial charge in [-0.3, -0.25) is 0 Å². The maximum absolute atomic E-state index is 13.2. The number of rotatable bonds is 4. The normalized spacial score (nSPS) is 21.3. The number of allylic oxidation sites excluding steroid dienone is 2. The van der Waals surface area contributed by atoms with E-state index in [4.69, 9.17) is 4.74 Å². The van der Waals surface area contributed by atoms with Crippen molar-refractivity contribution in [2.75, 3.05) is 26.3 Å². The van der Waals surface area contributed by atoms with Crippen LogP contribution in [0.5, 0.6) is 0 Å². The molecule has 4 nitrogen and oxygen atoms in total. The lowest BCUT2D eigenvalue weighted by atomic mass is 10.0. The molecular formula is C19H28NO3S+. The molecule has 5 heteroatoms. The van der Waals surface area contributed by atoms with E-state index in [0.717, 1.165) is 68.2 Å². The van der Waals surface area contributed by atoms with Crippen LogP contribution in [0.2, 0.25) is 0 Å². The molecule has 1 aromatic rings. The second kappa shape index (κ2) is 8.28. The summed E-state index contributed by atoms with van der Waals surface area (Å²) in [7, 11) is -3.26. The van der Waals surface area contributed by atoms with Crippen molar-refractivity contribution in [3.05, 3.63) is 46.5 Å². The molecule has 1 aliphatic carbocycles. The molecule has 0 unspecified atom stereocenters. The molecule has 1 N–H and O–H groups in total. The van der Waals surface area contributed by atoms with Gasteiger partial charge in [-0.15, -0.1) is 0 Å². The Labute approximate surface area is 145 Å². The summed E-state index contributed by atoms with van der Waals surface area (Å²) >= 11 is 0. The van der Waals surface area contributed by atoms with Gasteiger partial charge in [0.2, 0.25) is 0 Å². The standard InChI is InChI=1S/C19H27NO3S/c21-24(22,16-17-8-4-3-5-9-17)19-11-7-2-1-6-10-18(19)20-12-14-23-15-13-20/h3-5,8-9H,1-2,6-7,10-16H2/p+1. The summed E-state index contributed by atoms with van der Waals surface area (Å²) in [5, 5.41) is 0. The van der Waals surface area contributed by atoms with Gasteiger partial charge in [-0.25, -0.2) is 8.42 Å². The highest BCUT2D eigenvalue weighted by Gasteiger charge is 2.30. The molecule has 0 aromatic heterocycles. The molecule has 1 heterocycles. The molecule has 0 radical (unpaired) electrons. The molecular weight excluding hydrogens is 322 g/mol. The van der Waals surface area contributed by atoms with Crippen molar-refractivity contribution < 1.29 is 18.1 Å². The van der Waals surface area contributed by atoms with Gasteiger partial charge in [0.05, 0.1) is 19.0 Å². The lowest BCUT2D eigenvalue weighted by Gasteiger charge is -2.28. The van der Waals surface area contributed by atoms with Gasteiger partial charge in [-0.05, 0) is 24.8 Å². The fourth-order valence-corrected chi connectivity index (χ4v) is 5.63. The maximum Gasteiger partial charge on any atom is 0.184 e. The summed E-state index contributed by atoms with van der Waals surface area (Å²) in [4.78, 5) is 2.05. The van der Waals surface area contributed by atoms with Crippen LogP contribution in [0.15, 0.2) is 40.9 Å². The van der Waals surface area contributed by atoms with Crippen LogP contribution in [0.3, 0.4) is 0 Å². The van der Waals surface area contributed by atoms with Gasteiger partial charge in [0.1, 0.15) is 23.7 Å². The molecule has 132 valence electrons. The van der Waals surface area contributed by atoms with Crippen molar-refractivity contribution in [1.82, 2.24) is 0 Å². The molecule has 1 aliphatic heterocycles. The van der Waals surface area contributed by atoms with E-state index in [1.165, 1.54) is 11.3 Å². The van der Waals surface area contributed by atoms with Crippen LogP contribution < -0.4 is 4.90 Å². The quantitative estimate of drug-likeness (QED) is 0.904. The van der Waals surface area contributed by atoms with E-state index in [9.17, 15) is 8.42 Å². The fraction of sp³-hybridized carbons (Fsp3) is 0.579. The number of quaternary nitrogens is 1. The van der Waals surface area contributed by atoms with E-state index in [1.807, 2.05) is 30.3 Å². The van der Waals surface area contributed by atoms with Crippen LogP contribution in [0.1, 0.15) is 44.1 Å². The highest BCUT2D eigenvalue weighted by molar-refractivity contribution is 7.94. The van der Waals surface area contributed by atoms with E-state index in [2.05, 4.69) is 0 Å². The van der Waals surface area contributed by atoms with E-state index in [-0.39, 0.29) is 5.75 Å². The Hall–Kier alpha value is -1.17. The zero-order valence-electron chi connectivity index (χ0n) is 14.3. The van der Waals surface area contributed by atoms with Crippen molar-refractivity contribution in [2.24, 2.45) is 0 Å². The summed E-state index contributed by atoms with van der Waals surface area (Å²) in [5.74, 6) is 0.121. The topological polar surface area (TPSA) is 47.8 Å². The average molecular weight is 351 g/mol. The summed E-state index contributed by atoms with van der Waals surface area (Å²) in [6.07, 6.45) is 6.05. The first-order valence-corrected chi connectivity index (χ1v) is 10.7. The van der Waals surface area contributed by atoms with Crippen molar-refractivity contribution in [2.45, 2.75) is 44.3 Å². The number of morpholine rings is 1. The number of hydrogen-bond donors (Lipinski definition) is 1. The Morgan fingerprint density at radius 1 is 0.917 bits per heavy atom. The van der Waals surface area contributed by atoms with Crippen molar-refractivity contribution in [3.8, 4) is 0 Å². The highest BCUT2D eigenvalue weighted by atomic mass is 32.2. The molecule has 0 amide bonds. The number of sulfone groups is 1. The van der Waals surface area contributed by atoms with Gasteiger partial charge >= 0.3 is 0 Å². The van der Waals surface area contributed by atoms with Gasteiger partial charge in [-0.2, -0.15) is 0 Å². The van der Waals surface area contributed by atoms with Crippen LogP contribution in [0, 0.1) is 0 Å². The predicted molar refractivity (Wildman–Crippen MR) is 95.3 cm³/mol. The molecule has 0 atom stereocenters. The van der Waals surface area contributed by atoms with Crippen LogP contribution in [-0.4, -0.2) is 34.7 Å². The smallest absolute Gasteiger partial charge is 0.184 e. The first-order valence-electron chi connectivity index (χ1n) is 9.08. The SMILES string of the molecule is O=S(=O)(Cc1ccccc1)C1=C([NH+]2CCOCC2)CCCCCC1. The lowest BCUT2D eigenvalue weighted by Crippen LogP contribution is -3.12. The molecule has 2 aliphatic rings. The zero-order chi connectivity index (χ0) is 16.8. The average Bonchev–Trinajstić information content (AvgIpc) is 2.56. The predicted octanol–water partition coefficient (Wildman–Crippen LogP) is 2.08. The molecule has 1 fully saturated rings. The first kappa shape index (κ1) is 17.6. The van der Waals surface area contributed by atoms with Crippen LogP contribution in [-0.2, 0) is 20.3 Å². The summed E-state index contributed by atoms with van der Waals surface area (Å²) in [6, 6.07) is 9.55. The Kier molecular flexibility index (Phi) is 6.09. The van der Waals surface area contributed by atoms with E-state index in [1.54, 1.807) is 0 Å². The van der Waals surface area contributed by atoms with Crippen LogP contribution in [0.25, 0.3) is 0 Å². The van der Waals surface area contributed by atoms with Gasteiger partial charge in [0.15, 0.2) is 9.84 Å². The third-order valence-corrected chi connectivity index (χ3v) is 6.93. The van der Waals surface area contributed by atoms with E-state index < -0.39 is 9.84 Å². The second-order valence-electron chi connectivity index (χ2n) is 6.78. The Balaban J connectivity index is 1.93. The number of nitrogens with one attached hydrogen (secondary N) is 1. The second-order valence-corrected chi connectivity index (χ2v) is 8.79. The van der Waals surface area contributed by atoms with Gasteiger partial charge in [0.25, 0.3) is 0 Å². The summed E-state index contributed by atoms with van der Waals surface area (Å²) < 4.78 is 31.8. The largest absolute Gasteiger partial charge is 0.370 e. The lowest BCUT2D eigenvalue weighted by molar-refractivity contribution is -0.871. The molecule has 1 aromatic carbocycles. The summed E-state index contributed by atoms with van der Waals surface area (Å²) in [6.45, 7) is 3.23. The molecule has 24 heavy (non-hydrogen) atoms. The Morgan fingerprint density at radius 2 is 1.58 bits per heavy atom. The number of ether oxygens (including phenoxy) is 1. The first-order chi connectivity index (χ1) is 11.7. The van der Waals surface area contributed by atoms with Gasteiger partial charge in [-0.1, -0.05) is 43.2 Å². The third kappa shape index (κ3) is 4.47. The Morgan fingerprint density at radius 3 is 2.29 bits per heavy atom. The monoisotopic (exact) mass is 350 g/mol.